The highest BCUT2D eigenvalue weighted by molar-refractivity contribution is 5.87. The van der Waals surface area contributed by atoms with Crippen LogP contribution in [0.2, 0.25) is 0 Å². The highest BCUT2D eigenvalue weighted by Crippen LogP contribution is 2.21. The monoisotopic (exact) mass is 287 g/mol. The number of nitrogens with one attached hydrogen (secondary N) is 1. The van der Waals surface area contributed by atoms with E-state index in [0.717, 1.165) is 5.39 Å². The van der Waals surface area contributed by atoms with E-state index in [1.807, 2.05) is 0 Å². The number of rotatable bonds is 4. The Hall–Kier alpha value is -2.54. The molecule has 0 aliphatic carbocycles. The first-order chi connectivity index (χ1) is 10.1. The smallest absolute Gasteiger partial charge is 0.168 e. The molecule has 108 valence electrons. The largest absolute Gasteiger partial charge is 0.392 e. The van der Waals surface area contributed by atoms with Crippen molar-refractivity contribution >= 4 is 16.9 Å². The molecule has 0 radical (unpaired) electrons. The standard InChI is InChI=1S/C14H14FN5O/c1-9(21)6-16-13-12-7-19-20(14(12)18-8-17-13)11-4-2-10(15)3-5-11/h2-5,7-9,21H,6H2,1H3,(H,16,17,18)/t9-/m1/s1. The second-order valence-electron chi connectivity index (χ2n) is 4.72. The number of anilines is 1. The van der Waals surface area contributed by atoms with E-state index >= 15 is 0 Å². The topological polar surface area (TPSA) is 75.9 Å². The minimum absolute atomic E-state index is 0.302. The van der Waals surface area contributed by atoms with Gasteiger partial charge in [-0.05, 0) is 31.2 Å². The third-order valence-corrected chi connectivity index (χ3v) is 3.00. The summed E-state index contributed by atoms with van der Waals surface area (Å²) in [5, 5.41) is 17.4. The summed E-state index contributed by atoms with van der Waals surface area (Å²) >= 11 is 0. The Balaban J connectivity index is 2.02. The third kappa shape index (κ3) is 2.68. The van der Waals surface area contributed by atoms with Crippen molar-refractivity contribution in [2.75, 3.05) is 11.9 Å². The van der Waals surface area contributed by atoms with Gasteiger partial charge in [-0.3, -0.25) is 0 Å². The lowest BCUT2D eigenvalue weighted by molar-refractivity contribution is 0.208. The van der Waals surface area contributed by atoms with E-state index in [9.17, 15) is 9.50 Å². The summed E-state index contributed by atoms with van der Waals surface area (Å²) in [6.45, 7) is 2.07. The number of fused-ring (bicyclic) bond motifs is 1. The lowest BCUT2D eigenvalue weighted by Crippen LogP contribution is -2.16. The molecule has 0 spiro atoms. The van der Waals surface area contributed by atoms with Crippen molar-refractivity contribution in [1.29, 1.82) is 0 Å². The molecule has 6 nitrogen and oxygen atoms in total. The molecular formula is C14H14FN5O. The fourth-order valence-corrected chi connectivity index (χ4v) is 2.00. The second-order valence-corrected chi connectivity index (χ2v) is 4.72. The van der Waals surface area contributed by atoms with Crippen LogP contribution < -0.4 is 5.32 Å². The van der Waals surface area contributed by atoms with Crippen LogP contribution in [-0.4, -0.2) is 37.5 Å². The van der Waals surface area contributed by atoms with Gasteiger partial charge in [-0.1, -0.05) is 0 Å². The van der Waals surface area contributed by atoms with Gasteiger partial charge in [-0.15, -0.1) is 0 Å². The molecule has 2 N–H and O–H groups in total. The van der Waals surface area contributed by atoms with Gasteiger partial charge >= 0.3 is 0 Å². The Morgan fingerprint density at radius 1 is 1.29 bits per heavy atom. The Labute approximate surface area is 120 Å². The van der Waals surface area contributed by atoms with Crippen molar-refractivity contribution < 1.29 is 9.50 Å². The van der Waals surface area contributed by atoms with Gasteiger partial charge in [0, 0.05) is 6.54 Å². The number of hydrogen-bond acceptors (Lipinski definition) is 5. The van der Waals surface area contributed by atoms with E-state index in [2.05, 4.69) is 20.4 Å². The summed E-state index contributed by atoms with van der Waals surface area (Å²) < 4.78 is 14.6. The van der Waals surface area contributed by atoms with Crippen LogP contribution in [0.3, 0.4) is 0 Å². The van der Waals surface area contributed by atoms with Gasteiger partial charge in [0.25, 0.3) is 0 Å². The van der Waals surface area contributed by atoms with Crippen LogP contribution in [0.15, 0.2) is 36.8 Å². The average molecular weight is 287 g/mol. The van der Waals surface area contributed by atoms with E-state index in [-0.39, 0.29) is 5.82 Å². The van der Waals surface area contributed by atoms with Crippen molar-refractivity contribution in [2.24, 2.45) is 0 Å². The number of nitrogens with zero attached hydrogens (tertiary/aromatic N) is 4. The van der Waals surface area contributed by atoms with Crippen LogP contribution in [0.5, 0.6) is 0 Å². The first-order valence-corrected chi connectivity index (χ1v) is 6.52. The predicted octanol–water partition coefficient (Wildman–Crippen LogP) is 1.75. The molecule has 1 aromatic carbocycles. The summed E-state index contributed by atoms with van der Waals surface area (Å²) in [7, 11) is 0. The molecule has 0 amide bonds. The van der Waals surface area contributed by atoms with Crippen LogP contribution in [-0.2, 0) is 0 Å². The Morgan fingerprint density at radius 3 is 2.76 bits per heavy atom. The molecule has 0 bridgehead atoms. The van der Waals surface area contributed by atoms with Gasteiger partial charge in [0.15, 0.2) is 5.65 Å². The average Bonchev–Trinajstić information content (AvgIpc) is 2.90. The van der Waals surface area contributed by atoms with Crippen molar-refractivity contribution in [2.45, 2.75) is 13.0 Å². The molecule has 0 unspecified atom stereocenters. The van der Waals surface area contributed by atoms with Crippen molar-refractivity contribution in [3.8, 4) is 5.69 Å². The molecule has 3 rings (SSSR count). The van der Waals surface area contributed by atoms with Crippen LogP contribution in [0.1, 0.15) is 6.92 Å². The molecular weight excluding hydrogens is 273 g/mol. The predicted molar refractivity (Wildman–Crippen MR) is 76.8 cm³/mol. The molecule has 0 aliphatic heterocycles. The SMILES string of the molecule is C[C@@H](O)CNc1ncnc2c1cnn2-c1ccc(F)cc1. The van der Waals surface area contributed by atoms with E-state index in [4.69, 9.17) is 0 Å². The van der Waals surface area contributed by atoms with E-state index in [1.54, 1.807) is 29.9 Å². The molecule has 2 aromatic heterocycles. The number of halogens is 1. The first-order valence-electron chi connectivity index (χ1n) is 6.52. The molecule has 0 saturated carbocycles. The normalized spacial score (nSPS) is 12.5. The van der Waals surface area contributed by atoms with Crippen molar-refractivity contribution in [3.05, 3.63) is 42.6 Å². The van der Waals surface area contributed by atoms with E-state index < -0.39 is 6.10 Å². The molecule has 7 heteroatoms. The van der Waals surface area contributed by atoms with Crippen molar-refractivity contribution in [3.63, 3.8) is 0 Å². The highest BCUT2D eigenvalue weighted by atomic mass is 19.1. The van der Waals surface area contributed by atoms with Gasteiger partial charge in [-0.2, -0.15) is 5.10 Å². The van der Waals surface area contributed by atoms with Crippen LogP contribution >= 0.6 is 0 Å². The first kappa shape index (κ1) is 13.4. The summed E-state index contributed by atoms with van der Waals surface area (Å²) in [6, 6.07) is 6.01. The number of aromatic nitrogens is 4. The van der Waals surface area contributed by atoms with Crippen LogP contribution in [0.4, 0.5) is 10.2 Å². The fraction of sp³-hybridized carbons (Fsp3) is 0.214. The molecule has 0 aliphatic rings. The Kier molecular flexibility index (Phi) is 3.49. The second kappa shape index (κ2) is 5.45. The van der Waals surface area contributed by atoms with Crippen LogP contribution in [0.25, 0.3) is 16.7 Å². The molecule has 0 saturated heterocycles. The van der Waals surface area contributed by atoms with Gasteiger partial charge < -0.3 is 10.4 Å². The molecule has 21 heavy (non-hydrogen) atoms. The quantitative estimate of drug-likeness (QED) is 0.764. The van der Waals surface area contributed by atoms with Crippen LogP contribution in [0, 0.1) is 5.82 Å². The van der Waals surface area contributed by atoms with Crippen molar-refractivity contribution in [1.82, 2.24) is 19.7 Å². The summed E-state index contributed by atoms with van der Waals surface area (Å²) in [5.74, 6) is 0.304. The number of benzene rings is 1. The Bertz CT molecular complexity index is 754. The van der Waals surface area contributed by atoms with E-state index in [1.165, 1.54) is 18.5 Å². The maximum absolute atomic E-state index is 13.0. The number of aliphatic hydroxyl groups is 1. The maximum atomic E-state index is 13.0. The molecule has 0 fully saturated rings. The summed E-state index contributed by atoms with van der Waals surface area (Å²) in [6.07, 6.45) is 2.58. The Morgan fingerprint density at radius 2 is 2.05 bits per heavy atom. The highest BCUT2D eigenvalue weighted by Gasteiger charge is 2.11. The lowest BCUT2D eigenvalue weighted by atomic mass is 10.3. The van der Waals surface area contributed by atoms with Gasteiger partial charge in [0.2, 0.25) is 0 Å². The van der Waals surface area contributed by atoms with Gasteiger partial charge in [-0.25, -0.2) is 19.0 Å². The number of aliphatic hydroxyl groups excluding tert-OH is 1. The number of hydrogen-bond donors (Lipinski definition) is 2. The fourth-order valence-electron chi connectivity index (χ4n) is 2.00. The zero-order chi connectivity index (χ0) is 14.8. The lowest BCUT2D eigenvalue weighted by Gasteiger charge is -2.08. The van der Waals surface area contributed by atoms with E-state index in [0.29, 0.717) is 23.7 Å². The maximum Gasteiger partial charge on any atom is 0.168 e. The molecule has 2 heterocycles. The summed E-state index contributed by atoms with van der Waals surface area (Å²) in [4.78, 5) is 8.37. The minimum Gasteiger partial charge on any atom is -0.392 e. The minimum atomic E-state index is -0.484. The zero-order valence-corrected chi connectivity index (χ0v) is 11.4. The van der Waals surface area contributed by atoms with Gasteiger partial charge in [0.05, 0.1) is 23.4 Å². The zero-order valence-electron chi connectivity index (χ0n) is 11.4. The third-order valence-electron chi connectivity index (χ3n) is 3.00. The molecule has 1 atom stereocenters. The molecule has 3 aromatic rings. The summed E-state index contributed by atoms with van der Waals surface area (Å²) in [5.41, 5.74) is 1.33. The van der Waals surface area contributed by atoms with Gasteiger partial charge in [0.1, 0.15) is 18.0 Å².